The number of aromatic nitrogens is 3. The maximum atomic E-state index is 13.1. The minimum Gasteiger partial charge on any atom is -0.354 e. The van der Waals surface area contributed by atoms with Crippen LogP contribution in [0.1, 0.15) is 18.9 Å². The van der Waals surface area contributed by atoms with Gasteiger partial charge in [0.15, 0.2) is 0 Å². The molecule has 0 aliphatic carbocycles. The summed E-state index contributed by atoms with van der Waals surface area (Å²) in [7, 11) is 0. The van der Waals surface area contributed by atoms with Gasteiger partial charge in [0.05, 0.1) is 0 Å². The number of nitrogens with zero attached hydrogens (tertiary/aromatic N) is 3. The van der Waals surface area contributed by atoms with Gasteiger partial charge in [-0.1, -0.05) is 19.1 Å². The van der Waals surface area contributed by atoms with Crippen LogP contribution in [0.5, 0.6) is 0 Å². The molecular formula is C13H15ClFN5. The van der Waals surface area contributed by atoms with E-state index in [1.165, 1.54) is 12.1 Å². The van der Waals surface area contributed by atoms with Gasteiger partial charge in [0.25, 0.3) is 0 Å². The van der Waals surface area contributed by atoms with E-state index in [0.717, 1.165) is 18.5 Å². The highest BCUT2D eigenvalue weighted by atomic mass is 35.5. The molecule has 0 spiro atoms. The van der Waals surface area contributed by atoms with E-state index in [4.69, 9.17) is 11.6 Å². The van der Waals surface area contributed by atoms with Gasteiger partial charge in [-0.2, -0.15) is 15.0 Å². The summed E-state index contributed by atoms with van der Waals surface area (Å²) < 4.78 is 13.1. The van der Waals surface area contributed by atoms with Gasteiger partial charge in [-0.05, 0) is 35.7 Å². The molecule has 0 fully saturated rings. The zero-order valence-electron chi connectivity index (χ0n) is 11.0. The summed E-state index contributed by atoms with van der Waals surface area (Å²) >= 11 is 5.83. The van der Waals surface area contributed by atoms with E-state index < -0.39 is 0 Å². The summed E-state index contributed by atoms with van der Waals surface area (Å²) in [5.74, 6) is 0.504. The topological polar surface area (TPSA) is 62.7 Å². The highest BCUT2D eigenvalue weighted by Gasteiger charge is 2.04. The van der Waals surface area contributed by atoms with Gasteiger partial charge in [-0.3, -0.25) is 0 Å². The second kappa shape index (κ2) is 7.00. The molecule has 0 aliphatic heterocycles. The lowest BCUT2D eigenvalue weighted by Gasteiger charge is -2.08. The number of rotatable bonds is 6. The van der Waals surface area contributed by atoms with Crippen LogP contribution in [0.15, 0.2) is 24.3 Å². The normalized spacial score (nSPS) is 10.3. The maximum Gasteiger partial charge on any atom is 0.229 e. The molecule has 2 aromatic rings. The van der Waals surface area contributed by atoms with Gasteiger partial charge in [0.1, 0.15) is 5.82 Å². The molecular weight excluding hydrogens is 281 g/mol. The minimum atomic E-state index is -0.275. The molecule has 0 amide bonds. The molecule has 0 atom stereocenters. The first-order chi connectivity index (χ1) is 9.67. The highest BCUT2D eigenvalue weighted by molar-refractivity contribution is 6.28. The quantitative estimate of drug-likeness (QED) is 0.857. The van der Waals surface area contributed by atoms with E-state index in [9.17, 15) is 4.39 Å². The van der Waals surface area contributed by atoms with Crippen molar-refractivity contribution in [1.29, 1.82) is 0 Å². The first-order valence-corrected chi connectivity index (χ1v) is 6.69. The van der Waals surface area contributed by atoms with Gasteiger partial charge in [-0.15, -0.1) is 0 Å². The van der Waals surface area contributed by atoms with Crippen molar-refractivity contribution in [2.45, 2.75) is 19.9 Å². The van der Waals surface area contributed by atoms with Crippen molar-refractivity contribution in [2.24, 2.45) is 0 Å². The molecule has 2 rings (SSSR count). The summed E-state index contributed by atoms with van der Waals surface area (Å²) in [6.07, 6.45) is 0.954. The molecule has 7 heteroatoms. The van der Waals surface area contributed by atoms with E-state index in [2.05, 4.69) is 25.6 Å². The Morgan fingerprint density at radius 1 is 1.15 bits per heavy atom. The van der Waals surface area contributed by atoms with Crippen molar-refractivity contribution in [3.8, 4) is 0 Å². The molecule has 1 aromatic carbocycles. The van der Waals surface area contributed by atoms with Crippen molar-refractivity contribution < 1.29 is 4.39 Å². The van der Waals surface area contributed by atoms with Crippen LogP contribution in [0.25, 0.3) is 0 Å². The lowest BCUT2D eigenvalue weighted by Crippen LogP contribution is -2.09. The number of nitrogens with one attached hydrogen (secondary N) is 2. The van der Waals surface area contributed by atoms with Crippen molar-refractivity contribution in [3.63, 3.8) is 0 Å². The molecule has 0 unspecified atom stereocenters. The molecule has 0 radical (unpaired) electrons. The van der Waals surface area contributed by atoms with Crippen molar-refractivity contribution >= 4 is 23.5 Å². The number of hydrogen-bond donors (Lipinski definition) is 2. The zero-order chi connectivity index (χ0) is 14.4. The molecule has 2 N–H and O–H groups in total. The van der Waals surface area contributed by atoms with E-state index in [1.807, 2.05) is 13.0 Å². The maximum absolute atomic E-state index is 13.1. The van der Waals surface area contributed by atoms with E-state index in [0.29, 0.717) is 18.4 Å². The molecule has 0 bridgehead atoms. The lowest BCUT2D eigenvalue weighted by atomic mass is 10.2. The predicted octanol–water partition coefficient (Wildman–Crippen LogP) is 3.10. The third-order valence-corrected chi connectivity index (χ3v) is 2.65. The van der Waals surface area contributed by atoms with Crippen LogP contribution in [0, 0.1) is 5.82 Å². The Labute approximate surface area is 121 Å². The summed E-state index contributed by atoms with van der Waals surface area (Å²) in [5, 5.41) is 6.14. The largest absolute Gasteiger partial charge is 0.354 e. The summed E-state index contributed by atoms with van der Waals surface area (Å²) in [5.41, 5.74) is 0.796. The summed E-state index contributed by atoms with van der Waals surface area (Å²) in [4.78, 5) is 12.1. The SMILES string of the molecule is CCCNc1nc(Cl)nc(NCc2cccc(F)c2)n1. The van der Waals surface area contributed by atoms with Gasteiger partial charge in [0.2, 0.25) is 17.2 Å². The van der Waals surface area contributed by atoms with Crippen molar-refractivity contribution in [1.82, 2.24) is 15.0 Å². The number of hydrogen-bond acceptors (Lipinski definition) is 5. The average molecular weight is 296 g/mol. The third kappa shape index (κ3) is 4.31. The van der Waals surface area contributed by atoms with Crippen LogP contribution in [-0.4, -0.2) is 21.5 Å². The summed E-state index contributed by atoms with van der Waals surface area (Å²) in [6.45, 7) is 3.20. The van der Waals surface area contributed by atoms with Gasteiger partial charge < -0.3 is 10.6 Å². The average Bonchev–Trinajstić information content (AvgIpc) is 2.42. The fourth-order valence-corrected chi connectivity index (χ4v) is 1.73. The molecule has 0 aliphatic rings. The molecule has 5 nitrogen and oxygen atoms in total. The first kappa shape index (κ1) is 14.5. The van der Waals surface area contributed by atoms with E-state index in [1.54, 1.807) is 6.07 Å². The Bertz CT molecular complexity index is 578. The lowest BCUT2D eigenvalue weighted by molar-refractivity contribution is 0.626. The van der Waals surface area contributed by atoms with Crippen LogP contribution in [0.4, 0.5) is 16.3 Å². The Kier molecular flexibility index (Phi) is 5.06. The Morgan fingerprint density at radius 2 is 1.90 bits per heavy atom. The molecule has 0 saturated carbocycles. The molecule has 20 heavy (non-hydrogen) atoms. The zero-order valence-corrected chi connectivity index (χ0v) is 11.8. The number of benzene rings is 1. The van der Waals surface area contributed by atoms with Crippen LogP contribution < -0.4 is 10.6 Å². The first-order valence-electron chi connectivity index (χ1n) is 6.31. The second-order valence-corrected chi connectivity index (χ2v) is 4.50. The molecule has 106 valence electrons. The van der Waals surface area contributed by atoms with Gasteiger partial charge in [-0.25, -0.2) is 4.39 Å². The Balaban J connectivity index is 2.03. The van der Waals surface area contributed by atoms with Crippen LogP contribution in [0.2, 0.25) is 5.28 Å². The minimum absolute atomic E-state index is 0.111. The standard InChI is InChI=1S/C13H15ClFN5/c1-2-6-16-12-18-11(14)19-13(20-12)17-8-9-4-3-5-10(15)7-9/h3-5,7H,2,6,8H2,1H3,(H2,16,17,18,19,20). The fraction of sp³-hybridized carbons (Fsp3) is 0.308. The van der Waals surface area contributed by atoms with Crippen LogP contribution in [0.3, 0.4) is 0 Å². The third-order valence-electron chi connectivity index (χ3n) is 2.48. The molecule has 1 aromatic heterocycles. The van der Waals surface area contributed by atoms with Gasteiger partial charge >= 0.3 is 0 Å². The van der Waals surface area contributed by atoms with Crippen LogP contribution >= 0.6 is 11.6 Å². The monoisotopic (exact) mass is 295 g/mol. The van der Waals surface area contributed by atoms with E-state index >= 15 is 0 Å². The Hall–Kier alpha value is -1.95. The van der Waals surface area contributed by atoms with Crippen molar-refractivity contribution in [2.75, 3.05) is 17.2 Å². The van der Waals surface area contributed by atoms with E-state index in [-0.39, 0.29) is 11.1 Å². The van der Waals surface area contributed by atoms with Crippen LogP contribution in [-0.2, 0) is 6.54 Å². The van der Waals surface area contributed by atoms with Crippen molar-refractivity contribution in [3.05, 3.63) is 40.9 Å². The second-order valence-electron chi connectivity index (χ2n) is 4.16. The van der Waals surface area contributed by atoms with Gasteiger partial charge in [0, 0.05) is 13.1 Å². The highest BCUT2D eigenvalue weighted by Crippen LogP contribution is 2.11. The molecule has 1 heterocycles. The Morgan fingerprint density at radius 3 is 2.60 bits per heavy atom. The smallest absolute Gasteiger partial charge is 0.229 e. The summed E-state index contributed by atoms with van der Waals surface area (Å²) in [6, 6.07) is 6.32. The number of halogens is 2. The number of anilines is 2. The predicted molar refractivity (Wildman–Crippen MR) is 77.3 cm³/mol. The fourth-order valence-electron chi connectivity index (χ4n) is 1.57. The molecule has 0 saturated heterocycles.